The first-order valence-corrected chi connectivity index (χ1v) is 13.6. The summed E-state index contributed by atoms with van der Waals surface area (Å²) in [6.07, 6.45) is 9.18. The summed E-state index contributed by atoms with van der Waals surface area (Å²) in [6.45, 7) is 2.14. The number of hydrogen-bond acceptors (Lipinski definition) is 3. The predicted octanol–water partition coefficient (Wildman–Crippen LogP) is 9.47. The van der Waals surface area contributed by atoms with E-state index >= 15 is 0 Å². The first kappa shape index (κ1) is 23.9. The molecule has 3 nitrogen and oxygen atoms in total. The van der Waals surface area contributed by atoms with E-state index < -0.39 is 0 Å². The summed E-state index contributed by atoms with van der Waals surface area (Å²) in [6, 6.07) is 38.2. The minimum absolute atomic E-state index is 0.673. The molecule has 1 aliphatic rings. The normalized spacial score (nSPS) is 13.2. The molecule has 0 unspecified atom stereocenters. The molecule has 0 fully saturated rings. The van der Waals surface area contributed by atoms with Gasteiger partial charge in [0, 0.05) is 16.7 Å². The number of rotatable bonds is 4. The van der Waals surface area contributed by atoms with E-state index in [-0.39, 0.29) is 0 Å². The Bertz CT molecular complexity index is 1980. The molecule has 0 bridgehead atoms. The van der Waals surface area contributed by atoms with Crippen molar-refractivity contribution in [3.05, 3.63) is 145 Å². The number of allylic oxidation sites excluding steroid dienone is 6. The molecule has 0 saturated heterocycles. The number of hydrogen-bond donors (Lipinski definition) is 0. The van der Waals surface area contributed by atoms with Crippen LogP contribution in [0, 0.1) is 0 Å². The van der Waals surface area contributed by atoms with Crippen molar-refractivity contribution in [3.8, 4) is 33.9 Å². The van der Waals surface area contributed by atoms with Crippen molar-refractivity contribution in [2.45, 2.75) is 13.3 Å². The summed E-state index contributed by atoms with van der Waals surface area (Å²) in [4.78, 5) is 14.9. The Morgan fingerprint density at radius 1 is 0.500 bits per heavy atom. The fraction of sp³-hybridized carbons (Fsp3) is 0.0541. The van der Waals surface area contributed by atoms with Crippen LogP contribution >= 0.6 is 0 Å². The number of fused-ring (bicyclic) bond motifs is 3. The Balaban J connectivity index is 1.38. The first-order valence-electron chi connectivity index (χ1n) is 13.6. The highest BCUT2D eigenvalue weighted by molar-refractivity contribution is 6.12. The lowest BCUT2D eigenvalue weighted by Crippen LogP contribution is -2.03. The van der Waals surface area contributed by atoms with E-state index in [1.165, 1.54) is 32.7 Å². The zero-order valence-corrected chi connectivity index (χ0v) is 22.3. The van der Waals surface area contributed by atoms with Crippen molar-refractivity contribution in [1.29, 1.82) is 0 Å². The number of aromatic nitrogens is 3. The molecule has 1 aliphatic carbocycles. The van der Waals surface area contributed by atoms with Crippen LogP contribution in [0.5, 0.6) is 0 Å². The van der Waals surface area contributed by atoms with Gasteiger partial charge in [-0.1, -0.05) is 133 Å². The van der Waals surface area contributed by atoms with E-state index in [4.69, 9.17) is 15.0 Å². The molecule has 1 aromatic heterocycles. The van der Waals surface area contributed by atoms with E-state index in [0.29, 0.717) is 17.5 Å². The van der Waals surface area contributed by atoms with E-state index in [0.717, 1.165) is 28.7 Å². The highest BCUT2D eigenvalue weighted by Gasteiger charge is 2.15. The highest BCUT2D eigenvalue weighted by Crippen LogP contribution is 2.35. The fourth-order valence-corrected chi connectivity index (χ4v) is 5.45. The first-order chi connectivity index (χ1) is 19.7. The lowest BCUT2D eigenvalue weighted by Gasteiger charge is -2.12. The van der Waals surface area contributed by atoms with Crippen LogP contribution in [0.15, 0.2) is 139 Å². The second-order valence-electron chi connectivity index (χ2n) is 10.2. The second kappa shape index (κ2) is 10.2. The zero-order valence-electron chi connectivity index (χ0n) is 22.3. The van der Waals surface area contributed by atoms with Crippen molar-refractivity contribution in [1.82, 2.24) is 15.0 Å². The molecular formula is C37H27N3. The predicted molar refractivity (Wildman–Crippen MR) is 167 cm³/mol. The van der Waals surface area contributed by atoms with Crippen molar-refractivity contribution >= 4 is 27.1 Å². The fourth-order valence-electron chi connectivity index (χ4n) is 5.45. The molecule has 0 N–H and O–H groups in total. The Hall–Kier alpha value is -5.15. The van der Waals surface area contributed by atoms with Crippen molar-refractivity contribution < 1.29 is 0 Å². The summed E-state index contributed by atoms with van der Waals surface area (Å²) >= 11 is 0. The minimum Gasteiger partial charge on any atom is -0.209 e. The van der Waals surface area contributed by atoms with Gasteiger partial charge in [0.2, 0.25) is 0 Å². The van der Waals surface area contributed by atoms with Gasteiger partial charge in [-0.25, -0.2) is 15.0 Å². The molecule has 3 heteroatoms. The molecular weight excluding hydrogens is 486 g/mol. The van der Waals surface area contributed by atoms with Crippen LogP contribution in [0.3, 0.4) is 0 Å². The third-order valence-corrected chi connectivity index (χ3v) is 7.43. The molecule has 190 valence electrons. The average molecular weight is 514 g/mol. The van der Waals surface area contributed by atoms with E-state index in [1.54, 1.807) is 0 Å². The maximum atomic E-state index is 5.02. The lowest BCUT2D eigenvalue weighted by molar-refractivity contribution is 1.02. The van der Waals surface area contributed by atoms with Crippen LogP contribution in [-0.2, 0) is 0 Å². The third-order valence-electron chi connectivity index (χ3n) is 7.43. The largest absolute Gasteiger partial charge is 0.209 e. The third kappa shape index (κ3) is 4.52. The Labute approximate surface area is 233 Å². The van der Waals surface area contributed by atoms with Crippen molar-refractivity contribution in [2.75, 3.05) is 0 Å². The maximum Gasteiger partial charge on any atom is 0.164 e. The Morgan fingerprint density at radius 2 is 1.18 bits per heavy atom. The van der Waals surface area contributed by atoms with Gasteiger partial charge >= 0.3 is 0 Å². The Kier molecular flexibility index (Phi) is 6.10. The highest BCUT2D eigenvalue weighted by atomic mass is 15.0. The molecule has 0 saturated carbocycles. The van der Waals surface area contributed by atoms with E-state index in [9.17, 15) is 0 Å². The number of nitrogens with zero attached hydrogens (tertiary/aromatic N) is 3. The molecule has 40 heavy (non-hydrogen) atoms. The summed E-state index contributed by atoms with van der Waals surface area (Å²) in [5.74, 6) is 2.07. The van der Waals surface area contributed by atoms with Crippen LogP contribution in [0.2, 0.25) is 0 Å². The molecule has 0 spiro atoms. The van der Waals surface area contributed by atoms with E-state index in [2.05, 4.69) is 110 Å². The van der Waals surface area contributed by atoms with Gasteiger partial charge in [-0.3, -0.25) is 0 Å². The molecule has 7 rings (SSSR count). The van der Waals surface area contributed by atoms with Crippen LogP contribution in [0.4, 0.5) is 0 Å². The van der Waals surface area contributed by atoms with Gasteiger partial charge < -0.3 is 0 Å². The molecule has 0 radical (unpaired) electrons. The maximum absolute atomic E-state index is 5.02. The molecule has 1 heterocycles. The van der Waals surface area contributed by atoms with Crippen LogP contribution in [0.25, 0.3) is 61.0 Å². The van der Waals surface area contributed by atoms with Gasteiger partial charge in [-0.2, -0.15) is 0 Å². The summed E-state index contributed by atoms with van der Waals surface area (Å²) in [7, 11) is 0. The monoisotopic (exact) mass is 513 g/mol. The summed E-state index contributed by atoms with van der Waals surface area (Å²) < 4.78 is 0. The standard InChI is InChI=1S/C37H27N3/c1-25-11-5-6-15-29(23-25)36-38-35(27-13-3-2-4-14-27)39-37(40-36)30-17-9-16-28(24-30)32-19-10-20-33-31-18-8-7-12-26(31)21-22-34(32)33/h2-22,24H,23H2,1H3. The zero-order chi connectivity index (χ0) is 26.9. The number of benzene rings is 5. The molecule has 0 amide bonds. The van der Waals surface area contributed by atoms with Crippen LogP contribution in [0.1, 0.15) is 19.2 Å². The van der Waals surface area contributed by atoms with Crippen LogP contribution < -0.4 is 0 Å². The summed E-state index contributed by atoms with van der Waals surface area (Å²) in [5.41, 5.74) is 6.63. The van der Waals surface area contributed by atoms with Gasteiger partial charge in [0.1, 0.15) is 0 Å². The second-order valence-corrected chi connectivity index (χ2v) is 10.2. The van der Waals surface area contributed by atoms with Gasteiger partial charge in [0.25, 0.3) is 0 Å². The topological polar surface area (TPSA) is 38.7 Å². The lowest BCUT2D eigenvalue weighted by atomic mass is 9.94. The minimum atomic E-state index is 0.673. The quantitative estimate of drug-likeness (QED) is 0.220. The van der Waals surface area contributed by atoms with E-state index in [1.807, 2.05) is 30.3 Å². The van der Waals surface area contributed by atoms with Gasteiger partial charge in [0.15, 0.2) is 17.5 Å². The summed E-state index contributed by atoms with van der Waals surface area (Å²) in [5, 5.41) is 5.01. The van der Waals surface area contributed by atoms with Gasteiger partial charge in [-0.05, 0) is 52.1 Å². The van der Waals surface area contributed by atoms with Gasteiger partial charge in [-0.15, -0.1) is 0 Å². The average Bonchev–Trinajstić information content (AvgIpc) is 3.25. The molecule has 5 aromatic carbocycles. The SMILES string of the molecule is CC1=CC=CC=C(c2nc(-c3ccccc3)nc(-c3cccc(-c4cccc5c4ccc4ccccc45)c3)n2)C1. The van der Waals surface area contributed by atoms with Gasteiger partial charge in [0.05, 0.1) is 0 Å². The molecule has 0 aliphatic heterocycles. The molecule has 6 aromatic rings. The van der Waals surface area contributed by atoms with Crippen molar-refractivity contribution in [3.63, 3.8) is 0 Å². The Morgan fingerprint density at radius 3 is 2.08 bits per heavy atom. The van der Waals surface area contributed by atoms with Crippen LogP contribution in [-0.4, -0.2) is 15.0 Å². The van der Waals surface area contributed by atoms with Crippen molar-refractivity contribution in [2.24, 2.45) is 0 Å². The smallest absolute Gasteiger partial charge is 0.164 e. The molecule has 0 atom stereocenters.